The largest absolute Gasteiger partial charge is 0.506 e. The summed E-state index contributed by atoms with van der Waals surface area (Å²) in [5.74, 6) is -0.732. The normalized spacial score (nSPS) is 20.3. The van der Waals surface area contributed by atoms with E-state index in [2.05, 4.69) is 29.2 Å². The van der Waals surface area contributed by atoms with Gasteiger partial charge in [-0.1, -0.05) is 19.8 Å². The van der Waals surface area contributed by atoms with Crippen LogP contribution in [0.4, 0.5) is 11.4 Å². The van der Waals surface area contributed by atoms with E-state index in [1.165, 1.54) is 5.01 Å². The van der Waals surface area contributed by atoms with Gasteiger partial charge in [0.15, 0.2) is 0 Å². The molecule has 204 valence electrons. The van der Waals surface area contributed by atoms with Crippen molar-refractivity contribution in [3.63, 3.8) is 0 Å². The molecule has 2 amide bonds. The summed E-state index contributed by atoms with van der Waals surface area (Å²) < 4.78 is 0. The summed E-state index contributed by atoms with van der Waals surface area (Å²) in [5.41, 5.74) is 2.09. The van der Waals surface area contributed by atoms with E-state index in [0.717, 1.165) is 44.5 Å². The Kier molecular flexibility index (Phi) is 7.81. The summed E-state index contributed by atoms with van der Waals surface area (Å²) in [6, 6.07) is 5.54. The summed E-state index contributed by atoms with van der Waals surface area (Å²) in [7, 11) is 0. The number of hydrogen-bond donors (Lipinski definition) is 2. The number of nitrogens with zero attached hydrogens (tertiary/aromatic N) is 3. The number of carbonyl (C=O) groups excluding carboxylic acids is 3. The summed E-state index contributed by atoms with van der Waals surface area (Å²) in [4.78, 5) is 42.0. The maximum atomic E-state index is 13.5. The second kappa shape index (κ2) is 10.8. The predicted molar refractivity (Wildman–Crippen MR) is 151 cm³/mol. The minimum Gasteiger partial charge on any atom is -0.506 e. The molecule has 38 heavy (non-hydrogen) atoms. The van der Waals surface area contributed by atoms with Crippen LogP contribution in [0.3, 0.4) is 0 Å². The van der Waals surface area contributed by atoms with Crippen molar-refractivity contribution >= 4 is 40.3 Å². The molecule has 0 spiro atoms. The number of amides is 2. The van der Waals surface area contributed by atoms with E-state index in [0.29, 0.717) is 35.7 Å². The lowest BCUT2D eigenvalue weighted by molar-refractivity contribution is -0.130. The number of hydrogen-bond acceptors (Lipinski definition) is 6. The van der Waals surface area contributed by atoms with E-state index < -0.39 is 11.3 Å². The second-order valence-electron chi connectivity index (χ2n) is 11.3. The van der Waals surface area contributed by atoms with Gasteiger partial charge in [0.05, 0.1) is 33.7 Å². The van der Waals surface area contributed by atoms with E-state index in [9.17, 15) is 19.5 Å². The second-order valence-corrected chi connectivity index (χ2v) is 11.3. The molecule has 0 bridgehead atoms. The van der Waals surface area contributed by atoms with Gasteiger partial charge in [-0.05, 0) is 78.0 Å². The lowest BCUT2D eigenvalue weighted by atomic mass is 9.79. The highest BCUT2D eigenvalue weighted by Gasteiger charge is 2.45. The fourth-order valence-electron chi connectivity index (χ4n) is 5.60. The fraction of sp³-hybridized carbons (Fsp3) is 0.533. The average Bonchev–Trinajstić information content (AvgIpc) is 3.49. The van der Waals surface area contributed by atoms with Gasteiger partial charge in [0.25, 0.3) is 5.91 Å². The first-order chi connectivity index (χ1) is 18.0. The highest BCUT2D eigenvalue weighted by atomic mass is 16.3. The summed E-state index contributed by atoms with van der Waals surface area (Å²) >= 11 is 0. The quantitative estimate of drug-likeness (QED) is 0.434. The maximum absolute atomic E-state index is 13.5. The molecule has 0 radical (unpaired) electrons. The molecule has 0 aromatic heterocycles. The first-order valence-corrected chi connectivity index (χ1v) is 13.9. The molecule has 1 fully saturated rings. The molecular formula is C30H40N4O4. The number of benzene rings is 1. The van der Waals surface area contributed by atoms with Crippen LogP contribution in [0.5, 0.6) is 0 Å². The third-order valence-corrected chi connectivity index (χ3v) is 7.69. The van der Waals surface area contributed by atoms with Gasteiger partial charge < -0.3 is 15.3 Å². The van der Waals surface area contributed by atoms with Crippen molar-refractivity contribution < 1.29 is 19.5 Å². The van der Waals surface area contributed by atoms with Crippen molar-refractivity contribution in [2.24, 2.45) is 11.0 Å². The first-order valence-electron chi connectivity index (χ1n) is 13.9. The standard InChI is InChI=1S/C30H40N4O4/c1-7-21-25(29(38)34(32-21)30(4,5)6)26-27(36)24(28(26)37)20-15-14-19(33(8-2)9-3)17-22(20)31-23(35)16-18-12-10-11-13-18/h14-15,17-18,36H,7-13,16H2,1-6H3,(H,31,35)/b26-25+. The number of Topliss-reactive ketones (excluding diaryl/α,β-unsaturated/α-hetero) is 1. The number of aliphatic hydroxyl groups is 1. The summed E-state index contributed by atoms with van der Waals surface area (Å²) in [6.45, 7) is 13.2. The van der Waals surface area contributed by atoms with Crippen molar-refractivity contribution in [2.75, 3.05) is 23.3 Å². The molecule has 1 saturated carbocycles. The zero-order valence-electron chi connectivity index (χ0n) is 23.5. The Balaban J connectivity index is 1.75. The van der Waals surface area contributed by atoms with Crippen LogP contribution in [0.25, 0.3) is 5.57 Å². The zero-order chi connectivity index (χ0) is 27.8. The highest BCUT2D eigenvalue weighted by Crippen LogP contribution is 2.44. The minimum atomic E-state index is -0.564. The molecular weight excluding hydrogens is 480 g/mol. The fourth-order valence-corrected chi connectivity index (χ4v) is 5.60. The number of carbonyl (C=O) groups is 3. The minimum absolute atomic E-state index is 0.00778. The third-order valence-electron chi connectivity index (χ3n) is 7.69. The Bertz CT molecular complexity index is 1240. The van der Waals surface area contributed by atoms with Gasteiger partial charge in [0, 0.05) is 30.8 Å². The molecule has 0 atom stereocenters. The molecule has 8 heteroatoms. The van der Waals surface area contributed by atoms with Crippen molar-refractivity contribution in [3.8, 4) is 0 Å². The smallest absolute Gasteiger partial charge is 0.277 e. The Morgan fingerprint density at radius 1 is 1.08 bits per heavy atom. The molecule has 0 saturated heterocycles. The molecule has 1 heterocycles. The number of nitrogens with one attached hydrogen (secondary N) is 1. The van der Waals surface area contributed by atoms with Crippen LogP contribution >= 0.6 is 0 Å². The maximum Gasteiger partial charge on any atom is 0.277 e. The van der Waals surface area contributed by atoms with E-state index >= 15 is 0 Å². The topological polar surface area (TPSA) is 102 Å². The van der Waals surface area contributed by atoms with Gasteiger partial charge in [-0.15, -0.1) is 0 Å². The van der Waals surface area contributed by atoms with Crippen LogP contribution in [0.15, 0.2) is 40.2 Å². The molecule has 4 rings (SSSR count). The monoisotopic (exact) mass is 520 g/mol. The van der Waals surface area contributed by atoms with Crippen molar-refractivity contribution in [1.82, 2.24) is 5.01 Å². The van der Waals surface area contributed by atoms with Crippen LogP contribution in [0, 0.1) is 5.92 Å². The number of rotatable bonds is 8. The van der Waals surface area contributed by atoms with Gasteiger partial charge in [-0.3, -0.25) is 14.4 Å². The number of aliphatic hydroxyl groups excluding tert-OH is 1. The van der Waals surface area contributed by atoms with Crippen molar-refractivity contribution in [3.05, 3.63) is 40.7 Å². The van der Waals surface area contributed by atoms with Crippen LogP contribution in [0.1, 0.15) is 85.6 Å². The van der Waals surface area contributed by atoms with Gasteiger partial charge >= 0.3 is 0 Å². The highest BCUT2D eigenvalue weighted by molar-refractivity contribution is 6.44. The van der Waals surface area contributed by atoms with E-state index in [4.69, 9.17) is 0 Å². The molecule has 3 aliphatic rings. The van der Waals surface area contributed by atoms with Crippen LogP contribution in [0.2, 0.25) is 0 Å². The van der Waals surface area contributed by atoms with Crippen LogP contribution in [-0.2, 0) is 14.4 Å². The van der Waals surface area contributed by atoms with Gasteiger partial charge in [0.2, 0.25) is 11.7 Å². The molecule has 8 nitrogen and oxygen atoms in total. The Hall–Kier alpha value is -3.42. The zero-order valence-corrected chi connectivity index (χ0v) is 23.5. The Morgan fingerprint density at radius 2 is 1.74 bits per heavy atom. The summed E-state index contributed by atoms with van der Waals surface area (Å²) in [6.07, 6.45) is 5.32. The van der Waals surface area contributed by atoms with Crippen molar-refractivity contribution in [2.45, 2.75) is 85.6 Å². The SMILES string of the molecule is CCC1=NN(C(C)(C)C)C(=O)/C1=C1/C(=O)C(c2ccc(N(CC)CC)cc2NC(=O)CC2CCCC2)=C1O. The molecule has 0 unspecified atom stereocenters. The molecule has 1 aromatic rings. The van der Waals surface area contributed by atoms with Gasteiger partial charge in [0.1, 0.15) is 5.76 Å². The lowest BCUT2D eigenvalue weighted by Gasteiger charge is -2.29. The van der Waals surface area contributed by atoms with Crippen LogP contribution in [-0.4, -0.2) is 52.1 Å². The van der Waals surface area contributed by atoms with Crippen LogP contribution < -0.4 is 10.2 Å². The number of ketones is 1. The van der Waals surface area contributed by atoms with E-state index in [1.54, 1.807) is 6.07 Å². The van der Waals surface area contributed by atoms with Gasteiger partial charge in [-0.25, -0.2) is 5.01 Å². The molecule has 2 N–H and O–H groups in total. The molecule has 1 aliphatic heterocycles. The first kappa shape index (κ1) is 27.6. The third kappa shape index (κ3) is 5.00. The Labute approximate surface area is 225 Å². The Morgan fingerprint density at radius 3 is 2.29 bits per heavy atom. The van der Waals surface area contributed by atoms with Gasteiger partial charge in [-0.2, -0.15) is 5.10 Å². The number of hydrazone groups is 1. The predicted octanol–water partition coefficient (Wildman–Crippen LogP) is 5.61. The van der Waals surface area contributed by atoms with E-state index in [1.807, 2.05) is 39.8 Å². The average molecular weight is 521 g/mol. The van der Waals surface area contributed by atoms with Crippen molar-refractivity contribution in [1.29, 1.82) is 0 Å². The van der Waals surface area contributed by atoms with E-state index in [-0.39, 0.29) is 34.3 Å². The lowest BCUT2D eigenvalue weighted by Crippen LogP contribution is -2.40. The summed E-state index contributed by atoms with van der Waals surface area (Å²) in [5, 5.41) is 20.1. The number of allylic oxidation sites excluding steroid dienone is 2. The molecule has 1 aromatic carbocycles. The molecule has 2 aliphatic carbocycles. The number of anilines is 2.